The zero-order valence-corrected chi connectivity index (χ0v) is 20.6. The number of carboxylic acid groups (broad SMARTS) is 1. The van der Waals surface area contributed by atoms with Crippen LogP contribution < -0.4 is 9.64 Å². The fourth-order valence-corrected chi connectivity index (χ4v) is 6.16. The normalized spacial score (nSPS) is 16.0. The van der Waals surface area contributed by atoms with Crippen LogP contribution >= 0.6 is 0 Å². The van der Waals surface area contributed by atoms with Crippen LogP contribution in [-0.2, 0) is 39.1 Å². The molecule has 1 N–H and O–H groups in total. The Balaban J connectivity index is 1.51. The highest BCUT2D eigenvalue weighted by atomic mass is 32.2. The topological polar surface area (TPSA) is 104 Å². The van der Waals surface area contributed by atoms with E-state index in [1.807, 2.05) is 31.2 Å². The summed E-state index contributed by atoms with van der Waals surface area (Å²) in [6.07, 6.45) is 0.211. The Bertz CT molecular complexity index is 1450. The molecule has 2 heterocycles. The van der Waals surface area contributed by atoms with Crippen LogP contribution in [0.2, 0.25) is 0 Å². The monoisotopic (exact) mass is 506 g/mol. The van der Waals surface area contributed by atoms with E-state index in [0.717, 1.165) is 22.3 Å². The molecule has 0 atom stereocenters. The van der Waals surface area contributed by atoms with Crippen molar-refractivity contribution in [1.82, 2.24) is 4.31 Å². The average Bonchev–Trinajstić information content (AvgIpc) is 3.04. The summed E-state index contributed by atoms with van der Waals surface area (Å²) in [5.41, 5.74) is 4.74. The number of fused-ring (bicyclic) bond motifs is 2. The molecule has 3 aromatic rings. The number of amides is 1. The molecule has 0 unspecified atom stereocenters. The van der Waals surface area contributed by atoms with Gasteiger partial charge in [0.05, 0.1) is 23.5 Å². The minimum atomic E-state index is -3.84. The van der Waals surface area contributed by atoms with Crippen molar-refractivity contribution in [2.24, 2.45) is 0 Å². The minimum absolute atomic E-state index is 0.0928. The number of aryl methyl sites for hydroxylation is 1. The SMILES string of the molecule is Cc1ccc(S(=O)(=O)N2CCN(c3c(CC(=O)O)ccc4c3Cc3ccccc3CO4)C(=O)C2)cc1. The van der Waals surface area contributed by atoms with E-state index in [4.69, 9.17) is 4.74 Å². The second kappa shape index (κ2) is 9.40. The van der Waals surface area contributed by atoms with Crippen molar-refractivity contribution in [3.63, 3.8) is 0 Å². The van der Waals surface area contributed by atoms with Gasteiger partial charge in [-0.2, -0.15) is 4.31 Å². The van der Waals surface area contributed by atoms with Gasteiger partial charge in [0.25, 0.3) is 0 Å². The van der Waals surface area contributed by atoms with Crippen LogP contribution in [0.4, 0.5) is 5.69 Å². The fraction of sp³-hybridized carbons (Fsp3) is 0.259. The molecule has 9 heteroatoms. The largest absolute Gasteiger partial charge is 0.489 e. The van der Waals surface area contributed by atoms with Gasteiger partial charge < -0.3 is 14.7 Å². The van der Waals surface area contributed by atoms with Crippen LogP contribution in [0, 0.1) is 6.92 Å². The first-order valence-electron chi connectivity index (χ1n) is 11.7. The second-order valence-corrected chi connectivity index (χ2v) is 11.0. The highest BCUT2D eigenvalue weighted by molar-refractivity contribution is 7.89. The van der Waals surface area contributed by atoms with Gasteiger partial charge in [-0.15, -0.1) is 0 Å². The zero-order chi connectivity index (χ0) is 25.4. The molecule has 2 aliphatic heterocycles. The quantitative estimate of drug-likeness (QED) is 0.570. The van der Waals surface area contributed by atoms with E-state index in [1.54, 1.807) is 36.4 Å². The molecule has 1 saturated heterocycles. The lowest BCUT2D eigenvalue weighted by Crippen LogP contribution is -2.52. The Hall–Kier alpha value is -3.69. The van der Waals surface area contributed by atoms with E-state index in [1.165, 1.54) is 9.21 Å². The number of anilines is 1. The van der Waals surface area contributed by atoms with E-state index in [0.29, 0.717) is 30.0 Å². The van der Waals surface area contributed by atoms with E-state index in [2.05, 4.69) is 0 Å². The smallest absolute Gasteiger partial charge is 0.307 e. The lowest BCUT2D eigenvalue weighted by Gasteiger charge is -2.36. The molecule has 0 radical (unpaired) electrons. The summed E-state index contributed by atoms with van der Waals surface area (Å²) in [6, 6.07) is 17.8. The summed E-state index contributed by atoms with van der Waals surface area (Å²) in [6.45, 7) is 2.11. The van der Waals surface area contributed by atoms with Crippen molar-refractivity contribution < 1.29 is 27.9 Å². The van der Waals surface area contributed by atoms with Crippen LogP contribution in [-0.4, -0.2) is 49.3 Å². The Labute approximate surface area is 209 Å². The third-order valence-electron chi connectivity index (χ3n) is 6.65. The van der Waals surface area contributed by atoms with Crippen molar-refractivity contribution in [1.29, 1.82) is 0 Å². The molecular formula is C27H26N2O6S. The van der Waals surface area contributed by atoms with Gasteiger partial charge in [-0.3, -0.25) is 9.59 Å². The van der Waals surface area contributed by atoms with Gasteiger partial charge in [0, 0.05) is 25.1 Å². The molecule has 0 spiro atoms. The first kappa shape index (κ1) is 24.0. The zero-order valence-electron chi connectivity index (χ0n) is 19.8. The Morgan fingerprint density at radius 2 is 1.72 bits per heavy atom. The highest BCUT2D eigenvalue weighted by Gasteiger charge is 2.36. The molecule has 2 aliphatic rings. The van der Waals surface area contributed by atoms with E-state index < -0.39 is 21.9 Å². The molecular weight excluding hydrogens is 480 g/mol. The van der Waals surface area contributed by atoms with Crippen molar-refractivity contribution in [2.75, 3.05) is 24.5 Å². The number of nitrogens with zero attached hydrogens (tertiary/aromatic N) is 2. The number of aliphatic carboxylic acids is 1. The van der Waals surface area contributed by atoms with Crippen molar-refractivity contribution in [3.8, 4) is 5.75 Å². The maximum Gasteiger partial charge on any atom is 0.307 e. The number of benzene rings is 3. The molecule has 0 bridgehead atoms. The molecule has 1 amide bonds. The molecule has 0 aromatic heterocycles. The van der Waals surface area contributed by atoms with Gasteiger partial charge in [0.1, 0.15) is 12.4 Å². The van der Waals surface area contributed by atoms with Crippen LogP contribution in [0.1, 0.15) is 27.8 Å². The Kier molecular flexibility index (Phi) is 6.27. The van der Waals surface area contributed by atoms with E-state index in [-0.39, 0.29) is 31.0 Å². The number of carbonyl (C=O) groups is 2. The molecule has 36 heavy (non-hydrogen) atoms. The van der Waals surface area contributed by atoms with Crippen LogP contribution in [0.25, 0.3) is 0 Å². The maximum absolute atomic E-state index is 13.4. The number of sulfonamides is 1. The maximum atomic E-state index is 13.4. The van der Waals surface area contributed by atoms with E-state index in [9.17, 15) is 23.1 Å². The predicted molar refractivity (Wildman–Crippen MR) is 134 cm³/mol. The predicted octanol–water partition coefficient (Wildman–Crippen LogP) is 3.14. The van der Waals surface area contributed by atoms with Crippen molar-refractivity contribution in [2.45, 2.75) is 31.3 Å². The summed E-state index contributed by atoms with van der Waals surface area (Å²) >= 11 is 0. The number of rotatable bonds is 5. The van der Waals surface area contributed by atoms with Gasteiger partial charge in [-0.25, -0.2) is 8.42 Å². The Morgan fingerprint density at radius 3 is 2.42 bits per heavy atom. The molecule has 8 nitrogen and oxygen atoms in total. The summed E-state index contributed by atoms with van der Waals surface area (Å²) in [7, 11) is -3.84. The molecule has 186 valence electrons. The number of carbonyl (C=O) groups excluding carboxylic acids is 1. The highest BCUT2D eigenvalue weighted by Crippen LogP contribution is 2.39. The summed E-state index contributed by atoms with van der Waals surface area (Å²) < 4.78 is 33.6. The van der Waals surface area contributed by atoms with Gasteiger partial charge in [0.2, 0.25) is 15.9 Å². The standard InChI is InChI=1S/C27H26N2O6S/c1-18-6-9-22(10-7-18)36(33,34)28-12-13-29(25(30)16-28)27-20(15-26(31)32)8-11-24-23(27)14-19-4-2-3-5-21(19)17-35-24/h2-11H,12-17H2,1H3,(H,31,32). The lowest BCUT2D eigenvalue weighted by molar-refractivity contribution is -0.136. The first-order chi connectivity index (χ1) is 17.2. The number of hydrogen-bond acceptors (Lipinski definition) is 5. The molecule has 3 aromatic carbocycles. The second-order valence-electron chi connectivity index (χ2n) is 9.05. The number of carboxylic acids is 1. The minimum Gasteiger partial charge on any atom is -0.489 e. The molecule has 0 saturated carbocycles. The van der Waals surface area contributed by atoms with Gasteiger partial charge in [-0.1, -0.05) is 48.0 Å². The number of ether oxygens (including phenoxy) is 1. The van der Waals surface area contributed by atoms with Crippen LogP contribution in [0.15, 0.2) is 65.6 Å². The molecule has 0 aliphatic carbocycles. The third kappa shape index (κ3) is 4.47. The number of hydrogen-bond donors (Lipinski definition) is 1. The van der Waals surface area contributed by atoms with Gasteiger partial charge in [0.15, 0.2) is 0 Å². The van der Waals surface area contributed by atoms with Crippen molar-refractivity contribution >= 4 is 27.6 Å². The number of piperazine rings is 1. The fourth-order valence-electron chi connectivity index (χ4n) is 4.78. The molecule has 5 rings (SSSR count). The summed E-state index contributed by atoms with van der Waals surface area (Å²) in [4.78, 5) is 26.7. The van der Waals surface area contributed by atoms with Crippen molar-refractivity contribution in [3.05, 3.63) is 88.5 Å². The van der Waals surface area contributed by atoms with Gasteiger partial charge >= 0.3 is 5.97 Å². The van der Waals surface area contributed by atoms with Gasteiger partial charge in [-0.05, 0) is 41.8 Å². The first-order valence-corrected chi connectivity index (χ1v) is 13.1. The van der Waals surface area contributed by atoms with Crippen LogP contribution in [0.3, 0.4) is 0 Å². The molecule has 1 fully saturated rings. The summed E-state index contributed by atoms with van der Waals surface area (Å²) in [5, 5.41) is 9.55. The lowest BCUT2D eigenvalue weighted by atomic mass is 9.95. The average molecular weight is 507 g/mol. The van der Waals surface area contributed by atoms with E-state index >= 15 is 0 Å². The van der Waals surface area contributed by atoms with Crippen LogP contribution in [0.5, 0.6) is 5.75 Å². The summed E-state index contributed by atoms with van der Waals surface area (Å²) in [5.74, 6) is -0.827. The Morgan fingerprint density at radius 1 is 1.00 bits per heavy atom. The third-order valence-corrected chi connectivity index (χ3v) is 8.51.